The van der Waals surface area contributed by atoms with E-state index in [2.05, 4.69) is 41.5 Å². The van der Waals surface area contributed by atoms with E-state index in [0.29, 0.717) is 33.8 Å². The van der Waals surface area contributed by atoms with Gasteiger partial charge in [0.05, 0.1) is 6.42 Å². The van der Waals surface area contributed by atoms with E-state index in [1.54, 1.807) is 6.07 Å². The van der Waals surface area contributed by atoms with Crippen LogP contribution < -0.4 is 5.32 Å². The van der Waals surface area contributed by atoms with Crippen LogP contribution in [0.1, 0.15) is 47.1 Å². The van der Waals surface area contributed by atoms with Crippen LogP contribution in [0.25, 0.3) is 0 Å². The first-order valence-electron chi connectivity index (χ1n) is 8.09. The Morgan fingerprint density at radius 1 is 1.08 bits per heavy atom. The molecule has 0 atom stereocenters. The van der Waals surface area contributed by atoms with Crippen molar-refractivity contribution in [1.82, 2.24) is 10.2 Å². The molecule has 0 spiro atoms. The molecular formula is C19H17Cl2N3O2. The Kier molecular flexibility index (Phi) is 5.59. The van der Waals surface area contributed by atoms with Crippen LogP contribution in [-0.4, -0.2) is 16.1 Å². The Balaban J connectivity index is 1.66. The van der Waals surface area contributed by atoms with Crippen LogP contribution in [0.4, 0.5) is 6.01 Å². The molecule has 0 aliphatic heterocycles. The molecule has 1 aromatic heterocycles. The summed E-state index contributed by atoms with van der Waals surface area (Å²) in [6, 6.07) is 12.8. The number of halogens is 2. The molecule has 0 aliphatic carbocycles. The van der Waals surface area contributed by atoms with Crippen LogP contribution in [-0.2, 0) is 6.42 Å². The summed E-state index contributed by atoms with van der Waals surface area (Å²) in [5, 5.41) is 11.1. The second kappa shape index (κ2) is 7.89. The number of nitrogens with zero attached hydrogens (tertiary/aromatic N) is 2. The Hall–Kier alpha value is -2.37. The Bertz CT molecular complexity index is 901. The van der Waals surface area contributed by atoms with Crippen LogP contribution in [0.15, 0.2) is 46.9 Å². The topological polar surface area (TPSA) is 68.0 Å². The smallest absolute Gasteiger partial charge is 0.322 e. The van der Waals surface area contributed by atoms with Crippen LogP contribution >= 0.6 is 23.2 Å². The summed E-state index contributed by atoms with van der Waals surface area (Å²) in [6.07, 6.45) is 0.490. The summed E-state index contributed by atoms with van der Waals surface area (Å²) in [6.45, 7) is 4.30. The molecule has 134 valence electrons. The standard InChI is InChI=1S/C19H17Cl2N3O2/c1-11(2)13-5-3-12(4-6-13)7-17-23-24-19(26-17)22-18(25)14-8-15(20)10-16(21)9-14/h3-6,8-11H,7H2,1-2H3,(H,22,24,25). The lowest BCUT2D eigenvalue weighted by Crippen LogP contribution is -2.12. The zero-order valence-electron chi connectivity index (χ0n) is 14.3. The summed E-state index contributed by atoms with van der Waals surface area (Å²) < 4.78 is 5.50. The van der Waals surface area contributed by atoms with E-state index in [-0.39, 0.29) is 6.01 Å². The van der Waals surface area contributed by atoms with E-state index < -0.39 is 5.91 Å². The number of amides is 1. The van der Waals surface area contributed by atoms with Crippen molar-refractivity contribution < 1.29 is 9.21 Å². The minimum absolute atomic E-state index is 0.0277. The number of nitrogens with one attached hydrogen (secondary N) is 1. The molecule has 0 saturated carbocycles. The number of anilines is 1. The van der Waals surface area contributed by atoms with Gasteiger partial charge in [0.1, 0.15) is 0 Å². The molecule has 0 saturated heterocycles. The average molecular weight is 390 g/mol. The molecule has 0 radical (unpaired) electrons. The molecule has 0 unspecified atom stereocenters. The maximum atomic E-state index is 12.2. The molecule has 1 N–H and O–H groups in total. The molecular weight excluding hydrogens is 373 g/mol. The van der Waals surface area contributed by atoms with Crippen LogP contribution in [0.5, 0.6) is 0 Å². The predicted octanol–water partition coefficient (Wildman–Crippen LogP) is 5.34. The molecule has 26 heavy (non-hydrogen) atoms. The first-order chi connectivity index (χ1) is 12.4. The van der Waals surface area contributed by atoms with Crippen LogP contribution in [0, 0.1) is 0 Å². The van der Waals surface area contributed by atoms with Gasteiger partial charge in [0.15, 0.2) is 0 Å². The maximum Gasteiger partial charge on any atom is 0.322 e. The SMILES string of the molecule is CC(C)c1ccc(Cc2nnc(NC(=O)c3cc(Cl)cc(Cl)c3)o2)cc1. The molecule has 0 aliphatic rings. The summed E-state index contributed by atoms with van der Waals surface area (Å²) >= 11 is 11.8. The molecule has 0 bridgehead atoms. The number of hydrogen-bond donors (Lipinski definition) is 1. The summed E-state index contributed by atoms with van der Waals surface area (Å²) in [5.41, 5.74) is 2.64. The zero-order chi connectivity index (χ0) is 18.7. The first kappa shape index (κ1) is 18.4. The zero-order valence-corrected chi connectivity index (χ0v) is 15.8. The Morgan fingerprint density at radius 2 is 1.73 bits per heavy atom. The van der Waals surface area contributed by atoms with Gasteiger partial charge in [-0.25, -0.2) is 0 Å². The number of rotatable bonds is 5. The summed E-state index contributed by atoms with van der Waals surface area (Å²) in [4.78, 5) is 12.2. The van der Waals surface area contributed by atoms with Gasteiger partial charge >= 0.3 is 6.01 Å². The minimum atomic E-state index is -0.425. The second-order valence-corrected chi connectivity index (χ2v) is 7.06. The van der Waals surface area contributed by atoms with E-state index in [1.165, 1.54) is 17.7 Å². The summed E-state index contributed by atoms with van der Waals surface area (Å²) in [7, 11) is 0. The van der Waals surface area contributed by atoms with E-state index in [4.69, 9.17) is 27.6 Å². The molecule has 7 heteroatoms. The fourth-order valence-electron chi connectivity index (χ4n) is 2.42. The van der Waals surface area contributed by atoms with Gasteiger partial charge < -0.3 is 4.42 Å². The largest absolute Gasteiger partial charge is 0.407 e. The third kappa shape index (κ3) is 4.62. The maximum absolute atomic E-state index is 12.2. The van der Waals surface area contributed by atoms with Crippen molar-refractivity contribution in [3.63, 3.8) is 0 Å². The molecule has 3 aromatic rings. The fraction of sp³-hybridized carbons (Fsp3) is 0.211. The second-order valence-electron chi connectivity index (χ2n) is 6.19. The third-order valence-electron chi connectivity index (χ3n) is 3.81. The number of benzene rings is 2. The predicted molar refractivity (Wildman–Crippen MR) is 102 cm³/mol. The quantitative estimate of drug-likeness (QED) is 0.638. The van der Waals surface area contributed by atoms with Gasteiger partial charge in [-0.15, -0.1) is 5.10 Å². The van der Waals surface area contributed by atoms with Crippen LogP contribution in [0.3, 0.4) is 0 Å². The van der Waals surface area contributed by atoms with Gasteiger partial charge in [-0.2, -0.15) is 0 Å². The van der Waals surface area contributed by atoms with Crippen molar-refractivity contribution in [2.45, 2.75) is 26.2 Å². The van der Waals surface area contributed by atoms with Gasteiger partial charge in [-0.3, -0.25) is 10.1 Å². The van der Waals surface area contributed by atoms with Crippen molar-refractivity contribution in [3.05, 3.63) is 75.1 Å². The first-order valence-corrected chi connectivity index (χ1v) is 8.85. The normalized spacial score (nSPS) is 11.0. The van der Waals surface area contributed by atoms with E-state index in [1.807, 2.05) is 12.1 Å². The molecule has 3 rings (SSSR count). The Labute approximate surface area is 161 Å². The average Bonchev–Trinajstić information content (AvgIpc) is 3.01. The molecule has 5 nitrogen and oxygen atoms in total. The lowest BCUT2D eigenvalue weighted by molar-refractivity contribution is 0.102. The fourth-order valence-corrected chi connectivity index (χ4v) is 2.95. The highest BCUT2D eigenvalue weighted by atomic mass is 35.5. The Morgan fingerprint density at radius 3 is 2.35 bits per heavy atom. The van der Waals surface area contributed by atoms with Gasteiger partial charge in [0.2, 0.25) is 5.89 Å². The molecule has 1 heterocycles. The highest BCUT2D eigenvalue weighted by Gasteiger charge is 2.13. The van der Waals surface area contributed by atoms with Crippen molar-refractivity contribution in [2.24, 2.45) is 0 Å². The van der Waals surface area contributed by atoms with E-state index in [0.717, 1.165) is 5.56 Å². The van der Waals surface area contributed by atoms with Crippen molar-refractivity contribution in [3.8, 4) is 0 Å². The van der Waals surface area contributed by atoms with Gasteiger partial charge in [0, 0.05) is 15.6 Å². The lowest BCUT2D eigenvalue weighted by Gasteiger charge is -2.05. The number of carbonyl (C=O) groups is 1. The van der Waals surface area contributed by atoms with Gasteiger partial charge in [-0.05, 0) is 35.2 Å². The summed E-state index contributed by atoms with van der Waals surface area (Å²) in [5.74, 6) is 0.474. The van der Waals surface area contributed by atoms with E-state index in [9.17, 15) is 4.79 Å². The molecule has 1 amide bonds. The molecule has 0 fully saturated rings. The van der Waals surface area contributed by atoms with Gasteiger partial charge in [0.25, 0.3) is 5.91 Å². The monoisotopic (exact) mass is 389 g/mol. The highest BCUT2D eigenvalue weighted by molar-refractivity contribution is 6.35. The molecule has 2 aromatic carbocycles. The number of carbonyl (C=O) groups excluding carboxylic acids is 1. The number of aromatic nitrogens is 2. The highest BCUT2D eigenvalue weighted by Crippen LogP contribution is 2.20. The van der Waals surface area contributed by atoms with Crippen molar-refractivity contribution in [1.29, 1.82) is 0 Å². The van der Waals surface area contributed by atoms with Crippen molar-refractivity contribution in [2.75, 3.05) is 5.32 Å². The minimum Gasteiger partial charge on any atom is -0.407 e. The third-order valence-corrected chi connectivity index (χ3v) is 4.25. The number of hydrogen-bond acceptors (Lipinski definition) is 4. The van der Waals surface area contributed by atoms with Gasteiger partial charge in [-0.1, -0.05) is 66.4 Å². The van der Waals surface area contributed by atoms with E-state index >= 15 is 0 Å². The lowest BCUT2D eigenvalue weighted by atomic mass is 10.0. The van der Waals surface area contributed by atoms with Crippen molar-refractivity contribution >= 4 is 35.1 Å². The van der Waals surface area contributed by atoms with Crippen LogP contribution in [0.2, 0.25) is 10.0 Å².